The summed E-state index contributed by atoms with van der Waals surface area (Å²) in [6, 6.07) is 4.79. The molecule has 0 N–H and O–H groups in total. The van der Waals surface area contributed by atoms with Crippen molar-refractivity contribution in [3.05, 3.63) is 42.7 Å². The number of carbonyl (C=O) groups excluding carboxylic acids is 1. The number of pyridine rings is 1. The summed E-state index contributed by atoms with van der Waals surface area (Å²) < 4.78 is 1.79. The van der Waals surface area contributed by atoms with E-state index in [4.69, 9.17) is 0 Å². The number of nitrogens with zero attached hydrogens (tertiary/aromatic N) is 6. The summed E-state index contributed by atoms with van der Waals surface area (Å²) in [6.07, 6.45) is 17.6. The molecule has 1 aliphatic carbocycles. The predicted octanol–water partition coefficient (Wildman–Crippen LogP) is 3.53. The maximum atomic E-state index is 13.2. The van der Waals surface area contributed by atoms with Crippen molar-refractivity contribution in [1.82, 2.24) is 29.5 Å². The van der Waals surface area contributed by atoms with Gasteiger partial charge in [0.2, 0.25) is 5.91 Å². The van der Waals surface area contributed by atoms with Crippen LogP contribution >= 0.6 is 0 Å². The number of hydrogen-bond acceptors (Lipinski definition) is 5. The van der Waals surface area contributed by atoms with E-state index >= 15 is 0 Å². The van der Waals surface area contributed by atoms with Gasteiger partial charge in [0.05, 0.1) is 0 Å². The van der Waals surface area contributed by atoms with E-state index in [1.807, 2.05) is 12.3 Å². The molecular formula is C24H36N6O. The molecule has 0 radical (unpaired) electrons. The highest BCUT2D eigenvalue weighted by molar-refractivity contribution is 5.76. The van der Waals surface area contributed by atoms with Crippen LogP contribution in [-0.4, -0.2) is 61.1 Å². The maximum Gasteiger partial charge on any atom is 0.222 e. The average Bonchev–Trinajstić information content (AvgIpc) is 3.34. The molecule has 1 aliphatic heterocycles. The largest absolute Gasteiger partial charge is 0.338 e. The van der Waals surface area contributed by atoms with E-state index in [1.165, 1.54) is 57.8 Å². The molecule has 3 heterocycles. The molecule has 7 nitrogen and oxygen atoms in total. The zero-order valence-electron chi connectivity index (χ0n) is 18.6. The molecule has 168 valence electrons. The minimum atomic E-state index is 0.235. The van der Waals surface area contributed by atoms with E-state index in [-0.39, 0.29) is 5.91 Å². The Morgan fingerprint density at radius 1 is 1.13 bits per heavy atom. The van der Waals surface area contributed by atoms with Crippen LogP contribution in [0.5, 0.6) is 0 Å². The Morgan fingerprint density at radius 3 is 2.81 bits per heavy atom. The van der Waals surface area contributed by atoms with Gasteiger partial charge >= 0.3 is 0 Å². The van der Waals surface area contributed by atoms with E-state index in [1.54, 1.807) is 17.2 Å². The molecule has 0 aromatic carbocycles. The number of carbonyl (C=O) groups is 1. The number of amides is 1. The lowest BCUT2D eigenvalue weighted by atomic mass is 9.90. The fourth-order valence-corrected chi connectivity index (χ4v) is 5.20. The fourth-order valence-electron chi connectivity index (χ4n) is 5.20. The standard InChI is InChI=1S/C24H36N6O/c31-24(11-6-14-30-20-26-19-27-30)29(16-21-7-4-12-25-15-21)18-22-8-5-13-28(17-22)23-9-2-1-3-10-23/h4,7,12,15,19-20,22-23H,1-3,5-6,8-11,13-14,16-18H2. The van der Waals surface area contributed by atoms with Crippen molar-refractivity contribution in [1.29, 1.82) is 0 Å². The summed E-state index contributed by atoms with van der Waals surface area (Å²) >= 11 is 0. The summed E-state index contributed by atoms with van der Waals surface area (Å²) in [5, 5.41) is 4.14. The van der Waals surface area contributed by atoms with Crippen molar-refractivity contribution in [2.45, 2.75) is 76.9 Å². The second-order valence-corrected chi connectivity index (χ2v) is 9.19. The summed E-state index contributed by atoms with van der Waals surface area (Å²) in [6.45, 7) is 4.59. The van der Waals surface area contributed by atoms with Gasteiger partial charge in [-0.05, 0) is 56.2 Å². The van der Waals surface area contributed by atoms with Crippen LogP contribution in [-0.2, 0) is 17.9 Å². The quantitative estimate of drug-likeness (QED) is 0.616. The number of piperidine rings is 1. The summed E-state index contributed by atoms with van der Waals surface area (Å²) in [4.78, 5) is 26.2. The molecule has 2 aromatic heterocycles. The third-order valence-electron chi connectivity index (χ3n) is 6.81. The minimum Gasteiger partial charge on any atom is -0.338 e. The second-order valence-electron chi connectivity index (χ2n) is 9.19. The number of aromatic nitrogens is 4. The molecule has 1 amide bonds. The first kappa shape index (κ1) is 21.9. The van der Waals surface area contributed by atoms with Gasteiger partial charge in [0.25, 0.3) is 0 Å². The highest BCUT2D eigenvalue weighted by atomic mass is 16.2. The van der Waals surface area contributed by atoms with Crippen LogP contribution in [0.15, 0.2) is 37.2 Å². The highest BCUT2D eigenvalue weighted by Crippen LogP contribution is 2.28. The monoisotopic (exact) mass is 424 g/mol. The van der Waals surface area contributed by atoms with Gasteiger partial charge in [-0.15, -0.1) is 0 Å². The molecule has 1 unspecified atom stereocenters. The lowest BCUT2D eigenvalue weighted by Gasteiger charge is -2.41. The Kier molecular flexibility index (Phi) is 8.04. The molecule has 1 saturated heterocycles. The number of likely N-dealkylation sites (tertiary alicyclic amines) is 1. The summed E-state index contributed by atoms with van der Waals surface area (Å²) in [5.41, 5.74) is 1.10. The summed E-state index contributed by atoms with van der Waals surface area (Å²) in [7, 11) is 0. The molecule has 1 saturated carbocycles. The van der Waals surface area contributed by atoms with E-state index < -0.39 is 0 Å². The lowest BCUT2D eigenvalue weighted by molar-refractivity contribution is -0.133. The Labute approximate surface area is 185 Å². The van der Waals surface area contributed by atoms with Crippen LogP contribution in [0.4, 0.5) is 0 Å². The molecular weight excluding hydrogens is 388 g/mol. The Morgan fingerprint density at radius 2 is 2.03 bits per heavy atom. The van der Waals surface area contributed by atoms with E-state index in [9.17, 15) is 4.79 Å². The third kappa shape index (κ3) is 6.60. The zero-order chi connectivity index (χ0) is 21.3. The smallest absolute Gasteiger partial charge is 0.222 e. The van der Waals surface area contributed by atoms with Crippen molar-refractivity contribution < 1.29 is 4.79 Å². The van der Waals surface area contributed by atoms with Gasteiger partial charge in [-0.25, -0.2) is 4.98 Å². The van der Waals surface area contributed by atoms with E-state index in [2.05, 4.69) is 30.9 Å². The second kappa shape index (κ2) is 11.4. The van der Waals surface area contributed by atoms with Gasteiger partial charge in [-0.1, -0.05) is 25.3 Å². The highest BCUT2D eigenvalue weighted by Gasteiger charge is 2.29. The van der Waals surface area contributed by atoms with Crippen molar-refractivity contribution in [3.8, 4) is 0 Å². The van der Waals surface area contributed by atoms with E-state index in [0.717, 1.165) is 37.7 Å². The average molecular weight is 425 g/mol. The molecule has 0 spiro atoms. The number of hydrogen-bond donors (Lipinski definition) is 0. The van der Waals surface area contributed by atoms with Crippen molar-refractivity contribution in [3.63, 3.8) is 0 Å². The molecule has 4 rings (SSSR count). The normalized spacial score (nSPS) is 20.6. The SMILES string of the molecule is O=C(CCCn1cncn1)N(Cc1cccnc1)CC1CCCN(C2CCCCC2)C1. The molecule has 31 heavy (non-hydrogen) atoms. The van der Waals surface area contributed by atoms with Gasteiger partial charge in [0, 0.05) is 51.0 Å². The molecule has 2 fully saturated rings. The Bertz CT molecular complexity index is 775. The van der Waals surface area contributed by atoms with Gasteiger partial charge in [0.15, 0.2) is 0 Å². The third-order valence-corrected chi connectivity index (χ3v) is 6.81. The van der Waals surface area contributed by atoms with Crippen molar-refractivity contribution in [2.75, 3.05) is 19.6 Å². The van der Waals surface area contributed by atoms with Crippen LogP contribution in [0.1, 0.15) is 63.4 Å². The lowest BCUT2D eigenvalue weighted by Crippen LogP contribution is -2.47. The zero-order valence-corrected chi connectivity index (χ0v) is 18.6. The van der Waals surface area contributed by atoms with Crippen LogP contribution in [0.2, 0.25) is 0 Å². The molecule has 7 heteroatoms. The first-order valence-corrected chi connectivity index (χ1v) is 12.0. The van der Waals surface area contributed by atoms with Gasteiger partial charge in [0.1, 0.15) is 12.7 Å². The molecule has 2 aliphatic rings. The fraction of sp³-hybridized carbons (Fsp3) is 0.667. The van der Waals surface area contributed by atoms with Crippen molar-refractivity contribution in [2.24, 2.45) is 5.92 Å². The predicted molar refractivity (Wildman–Crippen MR) is 120 cm³/mol. The number of aryl methyl sites for hydroxylation is 1. The van der Waals surface area contributed by atoms with Crippen molar-refractivity contribution >= 4 is 5.91 Å². The van der Waals surface area contributed by atoms with Gasteiger partial charge in [-0.3, -0.25) is 14.5 Å². The van der Waals surface area contributed by atoms with Crippen LogP contribution in [0.3, 0.4) is 0 Å². The summed E-state index contributed by atoms with van der Waals surface area (Å²) in [5.74, 6) is 0.797. The Balaban J connectivity index is 1.35. The first-order chi connectivity index (χ1) is 15.3. The van der Waals surface area contributed by atoms with Crippen LogP contribution in [0, 0.1) is 5.92 Å². The van der Waals surface area contributed by atoms with Crippen LogP contribution < -0.4 is 0 Å². The molecule has 1 atom stereocenters. The topological polar surface area (TPSA) is 67.2 Å². The minimum absolute atomic E-state index is 0.235. The first-order valence-electron chi connectivity index (χ1n) is 12.0. The maximum absolute atomic E-state index is 13.2. The van der Waals surface area contributed by atoms with Gasteiger partial charge in [-0.2, -0.15) is 5.10 Å². The van der Waals surface area contributed by atoms with Crippen LogP contribution in [0.25, 0.3) is 0 Å². The Hall–Kier alpha value is -2.28. The van der Waals surface area contributed by atoms with E-state index in [0.29, 0.717) is 18.9 Å². The van der Waals surface area contributed by atoms with Gasteiger partial charge < -0.3 is 9.80 Å². The molecule has 2 aromatic rings. The molecule has 0 bridgehead atoms. The number of rotatable bonds is 9.